The Balaban J connectivity index is 1.74. The lowest BCUT2D eigenvalue weighted by molar-refractivity contribution is 0.0748. The van der Waals surface area contributed by atoms with Gasteiger partial charge in [-0.3, -0.25) is 0 Å². The lowest BCUT2D eigenvalue weighted by Crippen LogP contribution is -2.34. The molecule has 0 spiro atoms. The molecule has 1 aromatic rings. The van der Waals surface area contributed by atoms with E-state index in [0.717, 1.165) is 23.8 Å². The van der Waals surface area contributed by atoms with Crippen molar-refractivity contribution >= 4 is 0 Å². The van der Waals surface area contributed by atoms with Gasteiger partial charge in [-0.15, -0.1) is 0 Å². The molecule has 1 aliphatic rings. The first-order valence-electron chi connectivity index (χ1n) is 6.96. The summed E-state index contributed by atoms with van der Waals surface area (Å²) in [6.45, 7) is 2.50. The van der Waals surface area contributed by atoms with Crippen molar-refractivity contribution in [3.8, 4) is 5.75 Å². The quantitative estimate of drug-likeness (QED) is 0.741. The molecule has 0 amide bonds. The van der Waals surface area contributed by atoms with Gasteiger partial charge in [0.1, 0.15) is 18.5 Å². The molecular formula is C15H24N2O2. The van der Waals surface area contributed by atoms with E-state index < -0.39 is 6.10 Å². The van der Waals surface area contributed by atoms with Gasteiger partial charge in [0, 0.05) is 25.2 Å². The van der Waals surface area contributed by atoms with Crippen molar-refractivity contribution in [2.75, 3.05) is 26.7 Å². The molecule has 0 aromatic heterocycles. The van der Waals surface area contributed by atoms with Gasteiger partial charge in [0.25, 0.3) is 0 Å². The zero-order valence-corrected chi connectivity index (χ0v) is 11.6. The van der Waals surface area contributed by atoms with Gasteiger partial charge in [0.2, 0.25) is 0 Å². The maximum Gasteiger partial charge on any atom is 0.123 e. The molecular weight excluding hydrogens is 240 g/mol. The molecule has 106 valence electrons. The van der Waals surface area contributed by atoms with E-state index >= 15 is 0 Å². The highest BCUT2D eigenvalue weighted by Gasteiger charge is 2.23. The van der Waals surface area contributed by atoms with E-state index in [2.05, 4.69) is 11.9 Å². The molecule has 0 radical (unpaired) electrons. The van der Waals surface area contributed by atoms with Crippen LogP contribution in [0, 0.1) is 5.92 Å². The highest BCUT2D eigenvalue weighted by Crippen LogP contribution is 2.29. The van der Waals surface area contributed by atoms with Gasteiger partial charge in [-0.05, 0) is 31.9 Å². The third-order valence-corrected chi connectivity index (χ3v) is 3.41. The normalized spacial score (nSPS) is 16.6. The number of aliphatic hydroxyl groups excluding tert-OH is 1. The van der Waals surface area contributed by atoms with Gasteiger partial charge in [0.15, 0.2) is 0 Å². The van der Waals surface area contributed by atoms with Crippen molar-refractivity contribution in [2.45, 2.75) is 25.5 Å². The van der Waals surface area contributed by atoms with Gasteiger partial charge in [-0.2, -0.15) is 0 Å². The Kier molecular flexibility index (Phi) is 5.19. The minimum absolute atomic E-state index is 0.312. The first kappa shape index (κ1) is 14.3. The van der Waals surface area contributed by atoms with Crippen molar-refractivity contribution in [2.24, 2.45) is 11.7 Å². The summed E-state index contributed by atoms with van der Waals surface area (Å²) < 4.78 is 5.65. The highest BCUT2D eigenvalue weighted by molar-refractivity contribution is 5.32. The monoisotopic (exact) mass is 264 g/mol. The minimum atomic E-state index is -0.463. The Morgan fingerprint density at radius 3 is 2.84 bits per heavy atom. The van der Waals surface area contributed by atoms with E-state index in [1.165, 1.54) is 12.8 Å². The molecule has 0 saturated heterocycles. The maximum atomic E-state index is 9.98. The maximum absolute atomic E-state index is 9.98. The van der Waals surface area contributed by atoms with Crippen molar-refractivity contribution in [1.82, 2.24) is 4.90 Å². The van der Waals surface area contributed by atoms with Gasteiger partial charge >= 0.3 is 0 Å². The van der Waals surface area contributed by atoms with Crippen LogP contribution in [0.2, 0.25) is 0 Å². The zero-order chi connectivity index (χ0) is 13.7. The molecule has 1 saturated carbocycles. The standard InChI is InChI=1S/C15H24N2O2/c1-17(9-12-6-7-12)10-14(18)11-19-15-5-3-2-4-13(15)8-16/h2-5,12,14,18H,6-11,16H2,1H3. The molecule has 1 aromatic carbocycles. The van der Waals surface area contributed by atoms with E-state index in [-0.39, 0.29) is 0 Å². The minimum Gasteiger partial charge on any atom is -0.491 e. The lowest BCUT2D eigenvalue weighted by atomic mass is 10.2. The third-order valence-electron chi connectivity index (χ3n) is 3.41. The molecule has 1 atom stereocenters. The third kappa shape index (κ3) is 4.82. The fourth-order valence-electron chi connectivity index (χ4n) is 2.23. The number of ether oxygens (including phenoxy) is 1. The molecule has 1 aliphatic carbocycles. The SMILES string of the molecule is CN(CC(O)COc1ccccc1CN)CC1CC1. The van der Waals surface area contributed by atoms with Crippen LogP contribution in [0.3, 0.4) is 0 Å². The van der Waals surface area contributed by atoms with E-state index in [1.54, 1.807) is 0 Å². The summed E-state index contributed by atoms with van der Waals surface area (Å²) in [6, 6.07) is 7.69. The molecule has 2 rings (SSSR count). The summed E-state index contributed by atoms with van der Waals surface area (Å²) in [4.78, 5) is 2.18. The fraction of sp³-hybridized carbons (Fsp3) is 0.600. The summed E-state index contributed by atoms with van der Waals surface area (Å²) in [5.74, 6) is 1.62. The topological polar surface area (TPSA) is 58.7 Å². The Morgan fingerprint density at radius 2 is 2.16 bits per heavy atom. The Morgan fingerprint density at radius 1 is 1.42 bits per heavy atom. The van der Waals surface area contributed by atoms with Crippen LogP contribution in [0.25, 0.3) is 0 Å². The number of rotatable bonds is 8. The predicted octanol–water partition coefficient (Wildman–Crippen LogP) is 1.23. The summed E-state index contributed by atoms with van der Waals surface area (Å²) in [5.41, 5.74) is 6.62. The van der Waals surface area contributed by atoms with Crippen LogP contribution in [0.15, 0.2) is 24.3 Å². The van der Waals surface area contributed by atoms with Crippen molar-refractivity contribution in [3.05, 3.63) is 29.8 Å². The molecule has 0 aliphatic heterocycles. The number of aliphatic hydroxyl groups is 1. The Labute approximate surface area is 115 Å². The molecule has 0 bridgehead atoms. The lowest BCUT2D eigenvalue weighted by Gasteiger charge is -2.21. The van der Waals surface area contributed by atoms with Crippen molar-refractivity contribution in [1.29, 1.82) is 0 Å². The molecule has 19 heavy (non-hydrogen) atoms. The zero-order valence-electron chi connectivity index (χ0n) is 11.6. The summed E-state index contributed by atoms with van der Waals surface area (Å²) in [5, 5.41) is 9.98. The first-order valence-corrected chi connectivity index (χ1v) is 6.96. The second-order valence-electron chi connectivity index (χ2n) is 5.44. The van der Waals surface area contributed by atoms with E-state index in [1.807, 2.05) is 24.3 Å². The number of para-hydroxylation sites is 1. The Hall–Kier alpha value is -1.10. The van der Waals surface area contributed by atoms with Gasteiger partial charge in [-0.25, -0.2) is 0 Å². The largest absolute Gasteiger partial charge is 0.491 e. The number of hydrogen-bond acceptors (Lipinski definition) is 4. The summed E-state index contributed by atoms with van der Waals surface area (Å²) in [6.07, 6.45) is 2.20. The van der Waals surface area contributed by atoms with Gasteiger partial charge in [0.05, 0.1) is 0 Å². The molecule has 4 nitrogen and oxygen atoms in total. The van der Waals surface area contributed by atoms with Crippen molar-refractivity contribution < 1.29 is 9.84 Å². The van der Waals surface area contributed by atoms with Crippen LogP contribution in [-0.2, 0) is 6.54 Å². The number of benzene rings is 1. The number of hydrogen-bond donors (Lipinski definition) is 2. The predicted molar refractivity (Wildman–Crippen MR) is 76.1 cm³/mol. The van der Waals surface area contributed by atoms with Crippen LogP contribution in [0.1, 0.15) is 18.4 Å². The Bertz CT molecular complexity index is 393. The molecule has 1 unspecified atom stereocenters. The van der Waals surface area contributed by atoms with Crippen LogP contribution in [0.4, 0.5) is 0 Å². The van der Waals surface area contributed by atoms with E-state index in [9.17, 15) is 5.11 Å². The first-order chi connectivity index (χ1) is 9.19. The highest BCUT2D eigenvalue weighted by atomic mass is 16.5. The van der Waals surface area contributed by atoms with Crippen LogP contribution >= 0.6 is 0 Å². The fourth-order valence-corrected chi connectivity index (χ4v) is 2.23. The number of nitrogens with two attached hydrogens (primary N) is 1. The number of nitrogens with zero attached hydrogens (tertiary/aromatic N) is 1. The smallest absolute Gasteiger partial charge is 0.123 e. The average Bonchev–Trinajstić information content (AvgIpc) is 3.20. The average molecular weight is 264 g/mol. The second kappa shape index (κ2) is 6.89. The molecule has 4 heteroatoms. The van der Waals surface area contributed by atoms with E-state index in [0.29, 0.717) is 19.7 Å². The molecule has 3 N–H and O–H groups in total. The van der Waals surface area contributed by atoms with Gasteiger partial charge in [-0.1, -0.05) is 18.2 Å². The van der Waals surface area contributed by atoms with Crippen LogP contribution < -0.4 is 10.5 Å². The van der Waals surface area contributed by atoms with Crippen molar-refractivity contribution in [3.63, 3.8) is 0 Å². The van der Waals surface area contributed by atoms with Crippen LogP contribution in [-0.4, -0.2) is 42.9 Å². The molecule has 0 heterocycles. The summed E-state index contributed by atoms with van der Waals surface area (Å²) >= 11 is 0. The van der Waals surface area contributed by atoms with Crippen LogP contribution in [0.5, 0.6) is 5.75 Å². The number of likely N-dealkylation sites (N-methyl/N-ethyl adjacent to an activating group) is 1. The van der Waals surface area contributed by atoms with Gasteiger partial charge < -0.3 is 20.5 Å². The second-order valence-corrected chi connectivity index (χ2v) is 5.44. The van der Waals surface area contributed by atoms with E-state index in [4.69, 9.17) is 10.5 Å². The summed E-state index contributed by atoms with van der Waals surface area (Å²) in [7, 11) is 2.05. The molecule has 1 fully saturated rings.